The van der Waals surface area contributed by atoms with Crippen LogP contribution < -0.4 is 0 Å². The van der Waals surface area contributed by atoms with Crippen LogP contribution in [0.3, 0.4) is 0 Å². The smallest absolute Gasteiger partial charge is 0.179 e. The molecule has 0 radical (unpaired) electrons. The Labute approximate surface area is 75.3 Å². The second-order valence-electron chi connectivity index (χ2n) is 2.48. The second-order valence-corrected chi connectivity index (χ2v) is 2.90. The van der Waals surface area contributed by atoms with Gasteiger partial charge in [-0.25, -0.2) is 15.0 Å². The van der Waals surface area contributed by atoms with Crippen LogP contribution in [0.4, 0.5) is 0 Å². The van der Waals surface area contributed by atoms with Gasteiger partial charge in [0.1, 0.15) is 10.5 Å². The van der Waals surface area contributed by atoms with Gasteiger partial charge in [0.05, 0.1) is 5.69 Å². The van der Waals surface area contributed by atoms with Gasteiger partial charge in [-0.3, -0.25) is 0 Å². The molecule has 0 unspecified atom stereocenters. The molecule has 0 aromatic carbocycles. The molecule has 0 amide bonds. The number of fused-ring (bicyclic) bond motifs is 1. The normalized spacial score (nSPS) is 10.5. The maximum Gasteiger partial charge on any atom is 0.179 e. The minimum absolute atomic E-state index is 0.640. The maximum absolute atomic E-state index is 4.27. The highest BCUT2D eigenvalue weighted by Gasteiger charge is 2.00. The highest BCUT2D eigenvalue weighted by atomic mass is 32.1. The lowest BCUT2D eigenvalue weighted by molar-refractivity contribution is 1.03. The molecule has 0 N–H and O–H groups in total. The Balaban J connectivity index is 2.84. The minimum atomic E-state index is 0.640. The monoisotopic (exact) mass is 177 g/mol. The van der Waals surface area contributed by atoms with Gasteiger partial charge < -0.3 is 0 Å². The van der Waals surface area contributed by atoms with Gasteiger partial charge in [-0.2, -0.15) is 0 Å². The van der Waals surface area contributed by atoms with Crippen molar-refractivity contribution in [2.45, 2.75) is 11.9 Å². The van der Waals surface area contributed by atoms with E-state index in [0.717, 1.165) is 11.2 Å². The number of hydrogen-bond donors (Lipinski definition) is 1. The van der Waals surface area contributed by atoms with Crippen molar-refractivity contribution in [1.82, 2.24) is 15.0 Å². The lowest BCUT2D eigenvalue weighted by atomic mass is 10.4. The molecule has 0 atom stereocenters. The van der Waals surface area contributed by atoms with E-state index in [-0.39, 0.29) is 0 Å². The van der Waals surface area contributed by atoms with E-state index in [4.69, 9.17) is 0 Å². The summed E-state index contributed by atoms with van der Waals surface area (Å²) in [7, 11) is 0. The summed E-state index contributed by atoms with van der Waals surface area (Å²) in [5.74, 6) is 0. The Morgan fingerprint density at radius 1 is 1.33 bits per heavy atom. The summed E-state index contributed by atoms with van der Waals surface area (Å²) in [5, 5.41) is 0.640. The summed E-state index contributed by atoms with van der Waals surface area (Å²) >= 11 is 4.16. The highest BCUT2D eigenvalue weighted by molar-refractivity contribution is 7.80. The summed E-state index contributed by atoms with van der Waals surface area (Å²) < 4.78 is 0. The van der Waals surface area contributed by atoms with Gasteiger partial charge in [-0.15, -0.1) is 12.6 Å². The summed E-state index contributed by atoms with van der Waals surface area (Å²) in [6.07, 6.45) is 1.69. The average molecular weight is 177 g/mol. The molecule has 3 nitrogen and oxygen atoms in total. The Morgan fingerprint density at radius 3 is 3.00 bits per heavy atom. The van der Waals surface area contributed by atoms with E-state index in [1.807, 2.05) is 19.1 Å². The van der Waals surface area contributed by atoms with Gasteiger partial charge in [-0.05, 0) is 19.1 Å². The van der Waals surface area contributed by atoms with E-state index >= 15 is 0 Å². The van der Waals surface area contributed by atoms with E-state index in [1.165, 1.54) is 0 Å². The molecule has 0 saturated heterocycles. The predicted octanol–water partition coefficient (Wildman–Crippen LogP) is 1.62. The van der Waals surface area contributed by atoms with Crippen LogP contribution in [0.1, 0.15) is 5.69 Å². The Hall–Kier alpha value is -1.16. The van der Waals surface area contributed by atoms with Crippen LogP contribution in [0.15, 0.2) is 23.4 Å². The number of pyridine rings is 1. The van der Waals surface area contributed by atoms with Gasteiger partial charge in [0.15, 0.2) is 5.65 Å². The number of hydrogen-bond acceptors (Lipinski definition) is 4. The first-order valence-corrected chi connectivity index (χ1v) is 4.00. The molecule has 0 bridgehead atoms. The van der Waals surface area contributed by atoms with Crippen molar-refractivity contribution in [2.24, 2.45) is 0 Å². The topological polar surface area (TPSA) is 38.7 Å². The standard InChI is InChI=1S/C8H7N3S/c1-5-8(12)11-7-6(10-5)3-2-4-9-7/h2-4H,1H3,(H,9,11,12). The largest absolute Gasteiger partial charge is 0.247 e. The van der Waals surface area contributed by atoms with Crippen LogP contribution >= 0.6 is 12.6 Å². The molecule has 4 heteroatoms. The molecule has 0 aliphatic heterocycles. The number of rotatable bonds is 0. The summed E-state index contributed by atoms with van der Waals surface area (Å²) in [6, 6.07) is 3.73. The molecule has 0 saturated carbocycles. The molecule has 2 aromatic rings. The van der Waals surface area contributed by atoms with Crippen molar-refractivity contribution in [3.05, 3.63) is 24.0 Å². The van der Waals surface area contributed by atoms with Crippen molar-refractivity contribution in [3.63, 3.8) is 0 Å². The van der Waals surface area contributed by atoms with Crippen LogP contribution in [0.5, 0.6) is 0 Å². The molecule has 0 spiro atoms. The molecule has 0 aliphatic rings. The third-order valence-corrected chi connectivity index (χ3v) is 2.01. The van der Waals surface area contributed by atoms with E-state index < -0.39 is 0 Å². The quantitative estimate of drug-likeness (QED) is 0.621. The van der Waals surface area contributed by atoms with Crippen molar-refractivity contribution >= 4 is 23.8 Å². The lowest BCUT2D eigenvalue weighted by Crippen LogP contribution is -1.91. The van der Waals surface area contributed by atoms with E-state index in [0.29, 0.717) is 10.7 Å². The van der Waals surface area contributed by atoms with Crippen molar-refractivity contribution < 1.29 is 0 Å². The van der Waals surface area contributed by atoms with Gasteiger partial charge in [0, 0.05) is 6.20 Å². The fourth-order valence-electron chi connectivity index (χ4n) is 0.974. The Kier molecular flexibility index (Phi) is 1.69. The number of aromatic nitrogens is 3. The van der Waals surface area contributed by atoms with Gasteiger partial charge in [0.25, 0.3) is 0 Å². The lowest BCUT2D eigenvalue weighted by Gasteiger charge is -1.98. The van der Waals surface area contributed by atoms with Crippen LogP contribution in [0.25, 0.3) is 11.2 Å². The highest BCUT2D eigenvalue weighted by Crippen LogP contribution is 2.11. The van der Waals surface area contributed by atoms with E-state index in [9.17, 15) is 0 Å². The number of nitrogens with zero attached hydrogens (tertiary/aromatic N) is 3. The van der Waals surface area contributed by atoms with E-state index in [2.05, 4.69) is 27.6 Å². The SMILES string of the molecule is Cc1nc2cccnc2nc1S. The average Bonchev–Trinajstić information content (AvgIpc) is 2.07. The molecule has 2 rings (SSSR count). The fraction of sp³-hybridized carbons (Fsp3) is 0.125. The Bertz CT molecular complexity index is 387. The second kappa shape index (κ2) is 2.71. The van der Waals surface area contributed by atoms with Gasteiger partial charge in [-0.1, -0.05) is 0 Å². The van der Waals surface area contributed by atoms with Crippen molar-refractivity contribution in [1.29, 1.82) is 0 Å². The predicted molar refractivity (Wildman–Crippen MR) is 49.3 cm³/mol. The minimum Gasteiger partial charge on any atom is -0.247 e. The molecular weight excluding hydrogens is 170 g/mol. The molecule has 2 aromatic heterocycles. The third-order valence-electron chi connectivity index (χ3n) is 1.59. The first kappa shape index (κ1) is 7.49. The maximum atomic E-state index is 4.27. The molecule has 12 heavy (non-hydrogen) atoms. The van der Waals surface area contributed by atoms with Crippen LogP contribution in [0.2, 0.25) is 0 Å². The zero-order valence-electron chi connectivity index (χ0n) is 6.52. The summed E-state index contributed by atoms with van der Waals surface area (Å²) in [4.78, 5) is 12.5. The van der Waals surface area contributed by atoms with Crippen molar-refractivity contribution in [2.75, 3.05) is 0 Å². The van der Waals surface area contributed by atoms with Gasteiger partial charge in [0.2, 0.25) is 0 Å². The zero-order chi connectivity index (χ0) is 8.55. The first-order chi connectivity index (χ1) is 5.77. The third kappa shape index (κ3) is 1.14. The van der Waals surface area contributed by atoms with Crippen molar-refractivity contribution in [3.8, 4) is 0 Å². The fourth-order valence-corrected chi connectivity index (χ4v) is 1.12. The van der Waals surface area contributed by atoms with Crippen LogP contribution in [-0.4, -0.2) is 15.0 Å². The van der Waals surface area contributed by atoms with Gasteiger partial charge >= 0.3 is 0 Å². The molecule has 0 fully saturated rings. The van der Waals surface area contributed by atoms with Crippen LogP contribution in [0, 0.1) is 6.92 Å². The van der Waals surface area contributed by atoms with Crippen LogP contribution in [-0.2, 0) is 0 Å². The number of aryl methyl sites for hydroxylation is 1. The zero-order valence-corrected chi connectivity index (χ0v) is 7.42. The summed E-state index contributed by atoms with van der Waals surface area (Å²) in [5.41, 5.74) is 2.29. The number of thiol groups is 1. The molecule has 60 valence electrons. The summed E-state index contributed by atoms with van der Waals surface area (Å²) in [6.45, 7) is 1.88. The molecule has 2 heterocycles. The Morgan fingerprint density at radius 2 is 2.17 bits per heavy atom. The molecule has 0 aliphatic carbocycles. The first-order valence-electron chi connectivity index (χ1n) is 3.56. The van der Waals surface area contributed by atoms with E-state index in [1.54, 1.807) is 6.20 Å². The molecular formula is C8H7N3S.